The monoisotopic (exact) mass is 305 g/mol. The van der Waals surface area contributed by atoms with Crippen molar-refractivity contribution in [1.82, 2.24) is 4.98 Å². The summed E-state index contributed by atoms with van der Waals surface area (Å²) in [7, 11) is 0. The fourth-order valence-corrected chi connectivity index (χ4v) is 2.43. The summed E-state index contributed by atoms with van der Waals surface area (Å²) in [5.41, 5.74) is 1.09. The van der Waals surface area contributed by atoms with E-state index in [9.17, 15) is 13.6 Å². The lowest BCUT2D eigenvalue weighted by atomic mass is 10.0. The summed E-state index contributed by atoms with van der Waals surface area (Å²) in [6, 6.07) is 6.98. The third-order valence-corrected chi connectivity index (χ3v) is 3.62. The summed E-state index contributed by atoms with van der Waals surface area (Å²) in [5, 5.41) is 1.18. The van der Waals surface area contributed by atoms with Gasteiger partial charge in [0.2, 0.25) is 0 Å². The maximum atomic E-state index is 13.8. The van der Waals surface area contributed by atoms with Crippen molar-refractivity contribution < 1.29 is 13.6 Å². The quantitative estimate of drug-likeness (QED) is 0.687. The first-order valence-corrected chi connectivity index (χ1v) is 6.62. The van der Waals surface area contributed by atoms with E-state index in [1.165, 1.54) is 19.2 Å². The number of aryl methyl sites for hydroxylation is 1. The Balaban J connectivity index is 2.15. The van der Waals surface area contributed by atoms with Crippen molar-refractivity contribution in [2.24, 2.45) is 0 Å². The van der Waals surface area contributed by atoms with Gasteiger partial charge in [0.1, 0.15) is 11.6 Å². The highest BCUT2D eigenvalue weighted by Gasteiger charge is 2.19. The molecule has 3 aromatic rings. The molecule has 2 aromatic carbocycles. The molecule has 2 nitrogen and oxygen atoms in total. The number of hydrogen-bond acceptors (Lipinski definition) is 1. The number of H-pyrrole nitrogens is 1. The Morgan fingerprint density at radius 1 is 1.10 bits per heavy atom. The molecule has 0 aliphatic rings. The molecule has 1 heterocycles. The van der Waals surface area contributed by atoms with Gasteiger partial charge in [-0.15, -0.1) is 0 Å². The molecule has 0 unspecified atom stereocenters. The van der Waals surface area contributed by atoms with Crippen molar-refractivity contribution in [3.63, 3.8) is 0 Å². The van der Waals surface area contributed by atoms with Gasteiger partial charge in [0.25, 0.3) is 0 Å². The third-order valence-electron chi connectivity index (χ3n) is 3.38. The van der Waals surface area contributed by atoms with Crippen molar-refractivity contribution in [3.05, 3.63) is 69.9 Å². The molecule has 0 radical (unpaired) electrons. The van der Waals surface area contributed by atoms with E-state index >= 15 is 0 Å². The van der Waals surface area contributed by atoms with Crippen LogP contribution in [-0.4, -0.2) is 10.8 Å². The maximum absolute atomic E-state index is 13.8. The standard InChI is InChI=1S/C16H10ClF2NO/c1-8-4-11(14(19)6-13(8)18)16(21)12-7-20-15-5-9(17)2-3-10(12)15/h2-7,20H,1H3. The highest BCUT2D eigenvalue weighted by Crippen LogP contribution is 2.25. The average Bonchev–Trinajstić information content (AvgIpc) is 2.85. The number of ketones is 1. The number of halogens is 3. The summed E-state index contributed by atoms with van der Waals surface area (Å²) >= 11 is 5.88. The highest BCUT2D eigenvalue weighted by molar-refractivity contribution is 6.31. The Labute approximate surface area is 124 Å². The molecule has 0 spiro atoms. The second-order valence-corrected chi connectivity index (χ2v) is 5.24. The van der Waals surface area contributed by atoms with E-state index in [1.54, 1.807) is 18.2 Å². The van der Waals surface area contributed by atoms with Crippen molar-refractivity contribution >= 4 is 28.3 Å². The van der Waals surface area contributed by atoms with Gasteiger partial charge in [-0.05, 0) is 30.7 Å². The number of carbonyl (C=O) groups is 1. The fraction of sp³-hybridized carbons (Fsp3) is 0.0625. The van der Waals surface area contributed by atoms with Crippen LogP contribution < -0.4 is 0 Å². The van der Waals surface area contributed by atoms with Crippen LogP contribution in [0.2, 0.25) is 5.02 Å². The largest absolute Gasteiger partial charge is 0.360 e. The summed E-state index contributed by atoms with van der Waals surface area (Å²) in [6.07, 6.45) is 1.50. The predicted octanol–water partition coefficient (Wildman–Crippen LogP) is 4.64. The molecule has 3 rings (SSSR count). The van der Waals surface area contributed by atoms with Crippen molar-refractivity contribution in [2.75, 3.05) is 0 Å². The third kappa shape index (κ3) is 2.32. The Morgan fingerprint density at radius 2 is 1.86 bits per heavy atom. The molecule has 106 valence electrons. The molecule has 0 saturated heterocycles. The van der Waals surface area contributed by atoms with Crippen molar-refractivity contribution in [1.29, 1.82) is 0 Å². The zero-order valence-electron chi connectivity index (χ0n) is 11.0. The van der Waals surface area contributed by atoms with E-state index in [1.807, 2.05) is 0 Å². The minimum atomic E-state index is -0.869. The van der Waals surface area contributed by atoms with E-state index in [4.69, 9.17) is 11.6 Å². The number of rotatable bonds is 2. The van der Waals surface area contributed by atoms with Crippen LogP contribution in [0.25, 0.3) is 10.9 Å². The van der Waals surface area contributed by atoms with Gasteiger partial charge in [-0.1, -0.05) is 17.7 Å². The highest BCUT2D eigenvalue weighted by atomic mass is 35.5. The Bertz CT molecular complexity index is 870. The second-order valence-electron chi connectivity index (χ2n) is 4.80. The molecule has 0 aliphatic carbocycles. The molecule has 21 heavy (non-hydrogen) atoms. The van der Waals surface area contributed by atoms with E-state index < -0.39 is 17.4 Å². The minimum absolute atomic E-state index is 0.148. The molecular formula is C16H10ClF2NO. The van der Waals surface area contributed by atoms with Gasteiger partial charge in [-0.3, -0.25) is 4.79 Å². The summed E-state index contributed by atoms with van der Waals surface area (Å²) in [6.45, 7) is 1.49. The first-order chi connectivity index (χ1) is 9.97. The van der Waals surface area contributed by atoms with Gasteiger partial charge in [0.05, 0.1) is 5.56 Å². The Kier molecular flexibility index (Phi) is 3.26. The van der Waals surface area contributed by atoms with Gasteiger partial charge in [0, 0.05) is 33.8 Å². The van der Waals surface area contributed by atoms with Crippen LogP contribution >= 0.6 is 11.6 Å². The molecular weight excluding hydrogens is 296 g/mol. The average molecular weight is 306 g/mol. The summed E-state index contributed by atoms with van der Waals surface area (Å²) in [5.74, 6) is -2.04. The predicted molar refractivity (Wildman–Crippen MR) is 77.8 cm³/mol. The van der Waals surface area contributed by atoms with E-state index in [2.05, 4.69) is 4.98 Å². The molecule has 0 aliphatic heterocycles. The number of aromatic nitrogens is 1. The number of nitrogens with one attached hydrogen (secondary N) is 1. The zero-order valence-corrected chi connectivity index (χ0v) is 11.8. The molecule has 0 bridgehead atoms. The Morgan fingerprint density at radius 3 is 2.62 bits per heavy atom. The van der Waals surface area contributed by atoms with Crippen LogP contribution in [0, 0.1) is 18.6 Å². The Hall–Kier alpha value is -2.20. The second kappa shape index (κ2) is 4.97. The van der Waals surface area contributed by atoms with Crippen molar-refractivity contribution in [3.8, 4) is 0 Å². The summed E-state index contributed by atoms with van der Waals surface area (Å²) in [4.78, 5) is 15.4. The van der Waals surface area contributed by atoms with Gasteiger partial charge in [-0.2, -0.15) is 0 Å². The van der Waals surface area contributed by atoms with Crippen LogP contribution in [0.5, 0.6) is 0 Å². The molecule has 5 heteroatoms. The zero-order chi connectivity index (χ0) is 15.1. The molecule has 1 aromatic heterocycles. The number of aromatic amines is 1. The van der Waals surface area contributed by atoms with Gasteiger partial charge in [0.15, 0.2) is 5.78 Å². The van der Waals surface area contributed by atoms with Gasteiger partial charge < -0.3 is 4.98 Å². The van der Waals surface area contributed by atoms with Gasteiger partial charge >= 0.3 is 0 Å². The van der Waals surface area contributed by atoms with Crippen LogP contribution in [-0.2, 0) is 0 Å². The lowest BCUT2D eigenvalue weighted by molar-refractivity contribution is 0.103. The number of fused-ring (bicyclic) bond motifs is 1. The number of hydrogen-bond donors (Lipinski definition) is 1. The maximum Gasteiger partial charge on any atom is 0.198 e. The number of benzene rings is 2. The van der Waals surface area contributed by atoms with E-state index in [0.29, 0.717) is 21.5 Å². The lowest BCUT2D eigenvalue weighted by Crippen LogP contribution is -2.05. The lowest BCUT2D eigenvalue weighted by Gasteiger charge is -2.04. The molecule has 0 saturated carbocycles. The SMILES string of the molecule is Cc1cc(C(=O)c2c[nH]c3cc(Cl)ccc23)c(F)cc1F. The van der Waals surface area contributed by atoms with Crippen LogP contribution in [0.15, 0.2) is 36.5 Å². The smallest absolute Gasteiger partial charge is 0.198 e. The molecule has 1 N–H and O–H groups in total. The number of carbonyl (C=O) groups excluding carboxylic acids is 1. The van der Waals surface area contributed by atoms with Crippen LogP contribution in [0.3, 0.4) is 0 Å². The van der Waals surface area contributed by atoms with Crippen molar-refractivity contribution in [2.45, 2.75) is 6.92 Å². The molecule has 0 amide bonds. The van der Waals surface area contributed by atoms with Gasteiger partial charge in [-0.25, -0.2) is 8.78 Å². The molecule has 0 fully saturated rings. The topological polar surface area (TPSA) is 32.9 Å². The van der Waals surface area contributed by atoms with E-state index in [0.717, 1.165) is 6.07 Å². The van der Waals surface area contributed by atoms with E-state index in [-0.39, 0.29) is 11.1 Å². The summed E-state index contributed by atoms with van der Waals surface area (Å²) < 4.78 is 27.1. The van der Waals surface area contributed by atoms with Crippen LogP contribution in [0.4, 0.5) is 8.78 Å². The normalized spacial score (nSPS) is 11.0. The van der Waals surface area contributed by atoms with Crippen LogP contribution in [0.1, 0.15) is 21.5 Å². The first-order valence-electron chi connectivity index (χ1n) is 6.24. The fourth-order valence-electron chi connectivity index (χ4n) is 2.26. The first kappa shape index (κ1) is 13.8. The molecule has 0 atom stereocenters. The minimum Gasteiger partial charge on any atom is -0.360 e.